The molecular weight excluding hydrogens is 270 g/mol. The average Bonchev–Trinajstić information content (AvgIpc) is 2.48. The molecule has 2 unspecified atom stereocenters. The standard InChI is InChI=1S/C15H21N3O3/c1-11(12-5-4-7-16-10-12)17-15(21)18-8-3-2-6-13(18)9-14(19)20/h4-5,7,10-11,13H,2-3,6,8-9H2,1H3,(H,17,21)(H,19,20). The number of carbonyl (C=O) groups is 2. The van der Waals surface area contributed by atoms with Gasteiger partial charge in [0, 0.05) is 25.0 Å². The molecule has 1 aromatic heterocycles. The minimum Gasteiger partial charge on any atom is -0.481 e. The monoisotopic (exact) mass is 291 g/mol. The molecule has 0 aromatic carbocycles. The minimum absolute atomic E-state index is 0.00862. The van der Waals surface area contributed by atoms with Gasteiger partial charge >= 0.3 is 12.0 Å². The van der Waals surface area contributed by atoms with Crippen LogP contribution in [0.3, 0.4) is 0 Å². The van der Waals surface area contributed by atoms with Gasteiger partial charge in [-0.2, -0.15) is 0 Å². The van der Waals surface area contributed by atoms with Crippen LogP contribution in [0.4, 0.5) is 4.79 Å². The average molecular weight is 291 g/mol. The topological polar surface area (TPSA) is 82.5 Å². The van der Waals surface area contributed by atoms with E-state index in [0.29, 0.717) is 6.54 Å². The second-order valence-corrected chi connectivity index (χ2v) is 5.40. The van der Waals surface area contributed by atoms with Crippen LogP contribution in [0.1, 0.15) is 44.2 Å². The van der Waals surface area contributed by atoms with Gasteiger partial charge in [0.05, 0.1) is 12.5 Å². The molecule has 1 fully saturated rings. The number of piperidine rings is 1. The number of hydrogen-bond donors (Lipinski definition) is 2. The highest BCUT2D eigenvalue weighted by Crippen LogP contribution is 2.21. The fourth-order valence-corrected chi connectivity index (χ4v) is 2.67. The Balaban J connectivity index is 1.98. The quantitative estimate of drug-likeness (QED) is 0.890. The van der Waals surface area contributed by atoms with E-state index >= 15 is 0 Å². The minimum atomic E-state index is -0.861. The van der Waals surface area contributed by atoms with E-state index < -0.39 is 5.97 Å². The molecule has 6 nitrogen and oxygen atoms in total. The molecule has 0 radical (unpaired) electrons. The van der Waals surface area contributed by atoms with Crippen LogP contribution in [-0.2, 0) is 4.79 Å². The molecule has 0 saturated carbocycles. The molecule has 1 saturated heterocycles. The molecular formula is C15H21N3O3. The summed E-state index contributed by atoms with van der Waals surface area (Å²) >= 11 is 0. The lowest BCUT2D eigenvalue weighted by atomic mass is 10.00. The zero-order valence-corrected chi connectivity index (χ0v) is 12.2. The van der Waals surface area contributed by atoms with Crippen molar-refractivity contribution in [1.82, 2.24) is 15.2 Å². The maximum absolute atomic E-state index is 12.4. The van der Waals surface area contributed by atoms with Gasteiger partial charge in [0.1, 0.15) is 0 Å². The van der Waals surface area contributed by atoms with Crippen LogP contribution in [0.2, 0.25) is 0 Å². The number of rotatable bonds is 4. The molecule has 2 rings (SSSR count). The largest absolute Gasteiger partial charge is 0.481 e. The van der Waals surface area contributed by atoms with Crippen LogP contribution in [0.15, 0.2) is 24.5 Å². The van der Waals surface area contributed by atoms with E-state index in [4.69, 9.17) is 5.11 Å². The Morgan fingerprint density at radius 1 is 1.52 bits per heavy atom. The second-order valence-electron chi connectivity index (χ2n) is 5.40. The molecule has 2 atom stereocenters. The number of nitrogens with zero attached hydrogens (tertiary/aromatic N) is 2. The highest BCUT2D eigenvalue weighted by atomic mass is 16.4. The number of nitrogens with one attached hydrogen (secondary N) is 1. The van der Waals surface area contributed by atoms with Crippen LogP contribution in [-0.4, -0.2) is 39.6 Å². The highest BCUT2D eigenvalue weighted by Gasteiger charge is 2.29. The third-order valence-electron chi connectivity index (χ3n) is 3.82. The Hall–Kier alpha value is -2.11. The molecule has 21 heavy (non-hydrogen) atoms. The lowest BCUT2D eigenvalue weighted by molar-refractivity contribution is -0.138. The Morgan fingerprint density at radius 2 is 2.33 bits per heavy atom. The van der Waals surface area contributed by atoms with Crippen molar-refractivity contribution in [2.75, 3.05) is 6.54 Å². The summed E-state index contributed by atoms with van der Waals surface area (Å²) in [6.45, 7) is 2.51. The zero-order valence-electron chi connectivity index (χ0n) is 12.2. The lowest BCUT2D eigenvalue weighted by Gasteiger charge is -2.35. The van der Waals surface area contributed by atoms with Crippen LogP contribution in [0.25, 0.3) is 0 Å². The molecule has 2 amide bonds. The number of amides is 2. The van der Waals surface area contributed by atoms with Crippen molar-refractivity contribution in [2.45, 2.75) is 44.7 Å². The molecule has 2 heterocycles. The number of aliphatic carboxylic acids is 1. The lowest BCUT2D eigenvalue weighted by Crippen LogP contribution is -2.49. The summed E-state index contributed by atoms with van der Waals surface area (Å²) in [4.78, 5) is 29.0. The molecule has 114 valence electrons. The first-order valence-corrected chi connectivity index (χ1v) is 7.27. The highest BCUT2D eigenvalue weighted by molar-refractivity contribution is 5.76. The summed E-state index contributed by atoms with van der Waals surface area (Å²) in [5.41, 5.74) is 0.928. The zero-order chi connectivity index (χ0) is 15.2. The first kappa shape index (κ1) is 15.3. The van der Waals surface area contributed by atoms with Gasteiger partial charge in [-0.3, -0.25) is 9.78 Å². The summed E-state index contributed by atoms with van der Waals surface area (Å²) < 4.78 is 0. The molecule has 2 N–H and O–H groups in total. The summed E-state index contributed by atoms with van der Waals surface area (Å²) in [5, 5.41) is 11.9. The number of aromatic nitrogens is 1. The molecule has 1 aromatic rings. The molecule has 1 aliphatic heterocycles. The second kappa shape index (κ2) is 7.06. The number of hydrogen-bond acceptors (Lipinski definition) is 3. The van der Waals surface area contributed by atoms with E-state index in [9.17, 15) is 9.59 Å². The van der Waals surface area contributed by atoms with Gasteiger partial charge in [0.25, 0.3) is 0 Å². The third-order valence-corrected chi connectivity index (χ3v) is 3.82. The summed E-state index contributed by atoms with van der Waals surface area (Å²) in [6, 6.07) is 3.17. The number of likely N-dealkylation sites (tertiary alicyclic amines) is 1. The maximum atomic E-state index is 12.4. The van der Waals surface area contributed by atoms with Gasteiger partial charge in [0.2, 0.25) is 0 Å². The normalized spacial score (nSPS) is 19.9. The smallest absolute Gasteiger partial charge is 0.318 e. The molecule has 6 heteroatoms. The van der Waals surface area contributed by atoms with E-state index in [2.05, 4.69) is 10.3 Å². The van der Waals surface area contributed by atoms with E-state index in [1.54, 1.807) is 17.3 Å². The Kier molecular flexibility index (Phi) is 5.14. The summed E-state index contributed by atoms with van der Waals surface area (Å²) in [6.07, 6.45) is 6.06. The van der Waals surface area contributed by atoms with Crippen LogP contribution < -0.4 is 5.32 Å². The number of pyridine rings is 1. The number of carbonyl (C=O) groups excluding carboxylic acids is 1. The van der Waals surface area contributed by atoms with Crippen molar-refractivity contribution in [3.05, 3.63) is 30.1 Å². The van der Waals surface area contributed by atoms with Crippen molar-refractivity contribution < 1.29 is 14.7 Å². The van der Waals surface area contributed by atoms with E-state index in [1.807, 2.05) is 19.1 Å². The molecule has 0 bridgehead atoms. The van der Waals surface area contributed by atoms with E-state index in [0.717, 1.165) is 24.8 Å². The van der Waals surface area contributed by atoms with Gasteiger partial charge in [-0.25, -0.2) is 4.79 Å². The first-order chi connectivity index (χ1) is 10.1. The van der Waals surface area contributed by atoms with Gasteiger partial charge in [-0.05, 0) is 37.8 Å². The molecule has 1 aliphatic rings. The SMILES string of the molecule is CC(NC(=O)N1CCCCC1CC(=O)O)c1cccnc1. The van der Waals surface area contributed by atoms with Crippen molar-refractivity contribution in [1.29, 1.82) is 0 Å². The maximum Gasteiger partial charge on any atom is 0.318 e. The number of carboxylic acids is 1. The van der Waals surface area contributed by atoms with Crippen LogP contribution in [0, 0.1) is 0 Å². The Bertz CT molecular complexity index is 492. The van der Waals surface area contributed by atoms with Crippen molar-refractivity contribution in [3.8, 4) is 0 Å². The predicted octanol–water partition coefficient (Wildman–Crippen LogP) is 2.18. The number of urea groups is 1. The summed E-state index contributed by atoms with van der Waals surface area (Å²) in [5.74, 6) is -0.861. The molecule has 0 spiro atoms. The Morgan fingerprint density at radius 3 is 3.00 bits per heavy atom. The van der Waals surface area contributed by atoms with Crippen LogP contribution >= 0.6 is 0 Å². The fourth-order valence-electron chi connectivity index (χ4n) is 2.67. The Labute approximate surface area is 124 Å². The van der Waals surface area contributed by atoms with E-state index in [1.165, 1.54) is 0 Å². The van der Waals surface area contributed by atoms with E-state index in [-0.39, 0.29) is 24.5 Å². The van der Waals surface area contributed by atoms with Gasteiger partial charge in [-0.1, -0.05) is 6.07 Å². The van der Waals surface area contributed by atoms with Crippen molar-refractivity contribution >= 4 is 12.0 Å². The third kappa shape index (κ3) is 4.18. The first-order valence-electron chi connectivity index (χ1n) is 7.27. The van der Waals surface area contributed by atoms with Crippen LogP contribution in [0.5, 0.6) is 0 Å². The van der Waals surface area contributed by atoms with Gasteiger partial charge in [0.15, 0.2) is 0 Å². The summed E-state index contributed by atoms with van der Waals surface area (Å²) in [7, 11) is 0. The van der Waals surface area contributed by atoms with Crippen molar-refractivity contribution in [2.24, 2.45) is 0 Å². The number of carboxylic acid groups (broad SMARTS) is 1. The fraction of sp³-hybridized carbons (Fsp3) is 0.533. The van der Waals surface area contributed by atoms with Gasteiger partial charge in [-0.15, -0.1) is 0 Å². The molecule has 0 aliphatic carbocycles. The predicted molar refractivity (Wildman–Crippen MR) is 77.8 cm³/mol. The van der Waals surface area contributed by atoms with Gasteiger partial charge < -0.3 is 15.3 Å². The van der Waals surface area contributed by atoms with Crippen molar-refractivity contribution in [3.63, 3.8) is 0 Å².